The summed E-state index contributed by atoms with van der Waals surface area (Å²) in [7, 11) is 0. The molecule has 0 aliphatic carbocycles. The Morgan fingerprint density at radius 3 is 1.26 bits per heavy atom. The lowest BCUT2D eigenvalue weighted by Gasteiger charge is -2.08. The summed E-state index contributed by atoms with van der Waals surface area (Å²) in [4.78, 5) is 24.6. The highest BCUT2D eigenvalue weighted by molar-refractivity contribution is 5.94. The molecule has 0 aliphatic rings. The first-order valence-corrected chi connectivity index (χ1v) is 14.7. The standard InChI is InChI=1S/C32H48N2O4/c1-3-5-13-25-37-29-19-15-27(16-20-29)31(35)33-23-11-9-7-8-10-12-24-34-32(36)28-17-21-30(22-18-28)38-26-14-6-4-2/h15-22H,3-14,23-26H2,1-2H3,(H,33,35)(H,34,36). The van der Waals surface area contributed by atoms with Crippen LogP contribution in [0, 0.1) is 0 Å². The van der Waals surface area contributed by atoms with Gasteiger partial charge in [-0.2, -0.15) is 0 Å². The summed E-state index contributed by atoms with van der Waals surface area (Å²) in [5.41, 5.74) is 1.33. The summed E-state index contributed by atoms with van der Waals surface area (Å²) in [6.07, 6.45) is 13.2. The van der Waals surface area contributed by atoms with Crippen molar-refractivity contribution in [2.24, 2.45) is 0 Å². The average Bonchev–Trinajstić information content (AvgIpc) is 2.95. The Bertz CT molecular complexity index is 821. The Morgan fingerprint density at radius 1 is 0.526 bits per heavy atom. The molecule has 210 valence electrons. The molecule has 0 bridgehead atoms. The largest absolute Gasteiger partial charge is 0.494 e. The molecule has 0 aromatic heterocycles. The van der Waals surface area contributed by atoms with Gasteiger partial charge in [-0.15, -0.1) is 0 Å². The fourth-order valence-electron chi connectivity index (χ4n) is 4.05. The molecule has 38 heavy (non-hydrogen) atoms. The van der Waals surface area contributed by atoms with Crippen LogP contribution in [0.5, 0.6) is 11.5 Å². The SMILES string of the molecule is CCCCCOc1ccc(C(=O)NCCCCCCCCNC(=O)c2ccc(OCCCCC)cc2)cc1. The van der Waals surface area contributed by atoms with Gasteiger partial charge >= 0.3 is 0 Å². The van der Waals surface area contributed by atoms with Gasteiger partial charge in [-0.3, -0.25) is 9.59 Å². The van der Waals surface area contributed by atoms with Gasteiger partial charge in [0.1, 0.15) is 11.5 Å². The lowest BCUT2D eigenvalue weighted by Crippen LogP contribution is -2.24. The first kappa shape index (κ1) is 31.2. The minimum atomic E-state index is -0.0348. The molecule has 2 N–H and O–H groups in total. The van der Waals surface area contributed by atoms with Crippen molar-refractivity contribution >= 4 is 11.8 Å². The van der Waals surface area contributed by atoms with Gasteiger partial charge in [0.15, 0.2) is 0 Å². The normalized spacial score (nSPS) is 10.7. The second-order valence-corrected chi connectivity index (χ2v) is 9.79. The number of hydrogen-bond acceptors (Lipinski definition) is 4. The summed E-state index contributed by atoms with van der Waals surface area (Å²) in [5.74, 6) is 1.56. The van der Waals surface area contributed by atoms with E-state index in [9.17, 15) is 9.59 Å². The first-order chi connectivity index (χ1) is 18.6. The predicted molar refractivity (Wildman–Crippen MR) is 155 cm³/mol. The van der Waals surface area contributed by atoms with Crippen molar-refractivity contribution in [3.05, 3.63) is 59.7 Å². The molecule has 2 rings (SSSR count). The molecule has 0 radical (unpaired) electrons. The van der Waals surface area contributed by atoms with Crippen molar-refractivity contribution in [3.8, 4) is 11.5 Å². The Hall–Kier alpha value is -3.02. The summed E-state index contributed by atoms with van der Waals surface area (Å²) in [6.45, 7) is 7.16. The van der Waals surface area contributed by atoms with Crippen LogP contribution in [-0.4, -0.2) is 38.1 Å². The van der Waals surface area contributed by atoms with Crippen LogP contribution in [0.4, 0.5) is 0 Å². The molecule has 2 amide bonds. The van der Waals surface area contributed by atoms with Gasteiger partial charge < -0.3 is 20.1 Å². The minimum Gasteiger partial charge on any atom is -0.494 e. The summed E-state index contributed by atoms with van der Waals surface area (Å²) >= 11 is 0. The van der Waals surface area contributed by atoms with E-state index < -0.39 is 0 Å². The fourth-order valence-corrected chi connectivity index (χ4v) is 4.05. The van der Waals surface area contributed by atoms with Crippen molar-refractivity contribution in [2.45, 2.75) is 90.9 Å². The number of carbonyl (C=O) groups is 2. The second kappa shape index (κ2) is 20.0. The topological polar surface area (TPSA) is 76.7 Å². The third-order valence-electron chi connectivity index (χ3n) is 6.44. The van der Waals surface area contributed by atoms with Crippen LogP contribution in [0.15, 0.2) is 48.5 Å². The van der Waals surface area contributed by atoms with E-state index in [1.165, 1.54) is 25.7 Å². The number of hydrogen-bond donors (Lipinski definition) is 2. The van der Waals surface area contributed by atoms with Gasteiger partial charge in [-0.05, 0) is 74.2 Å². The van der Waals surface area contributed by atoms with Crippen LogP contribution in [0.1, 0.15) is 112 Å². The van der Waals surface area contributed by atoms with Gasteiger partial charge in [0.2, 0.25) is 0 Å². The molecule has 2 aromatic carbocycles. The van der Waals surface area contributed by atoms with Crippen LogP contribution < -0.4 is 20.1 Å². The van der Waals surface area contributed by atoms with E-state index in [0.29, 0.717) is 24.2 Å². The number of rotatable bonds is 21. The van der Waals surface area contributed by atoms with Gasteiger partial charge in [0.05, 0.1) is 13.2 Å². The molecule has 0 saturated heterocycles. The van der Waals surface area contributed by atoms with Crippen LogP contribution in [0.3, 0.4) is 0 Å². The highest BCUT2D eigenvalue weighted by atomic mass is 16.5. The third kappa shape index (κ3) is 13.5. The van der Waals surface area contributed by atoms with E-state index in [4.69, 9.17) is 9.47 Å². The number of benzene rings is 2. The molecule has 0 heterocycles. The lowest BCUT2D eigenvalue weighted by molar-refractivity contribution is 0.0944. The number of unbranched alkanes of at least 4 members (excludes halogenated alkanes) is 9. The number of carbonyl (C=O) groups excluding carboxylic acids is 2. The summed E-state index contributed by atoms with van der Waals surface area (Å²) < 4.78 is 11.4. The smallest absolute Gasteiger partial charge is 0.251 e. The molecule has 0 unspecified atom stereocenters. The fraction of sp³-hybridized carbons (Fsp3) is 0.562. The van der Waals surface area contributed by atoms with Crippen LogP contribution >= 0.6 is 0 Å². The number of nitrogens with one attached hydrogen (secondary N) is 2. The van der Waals surface area contributed by atoms with Gasteiger partial charge in [0, 0.05) is 24.2 Å². The van der Waals surface area contributed by atoms with Gasteiger partial charge in [0.25, 0.3) is 11.8 Å². The minimum absolute atomic E-state index is 0.0348. The summed E-state index contributed by atoms with van der Waals surface area (Å²) in [5, 5.41) is 6.00. The van der Waals surface area contributed by atoms with Crippen molar-refractivity contribution in [1.82, 2.24) is 10.6 Å². The second-order valence-electron chi connectivity index (χ2n) is 9.79. The summed E-state index contributed by atoms with van der Waals surface area (Å²) in [6, 6.07) is 14.7. The molecule has 0 aliphatic heterocycles. The molecule has 0 atom stereocenters. The van der Waals surface area contributed by atoms with Crippen LogP contribution in [0.2, 0.25) is 0 Å². The van der Waals surface area contributed by atoms with E-state index >= 15 is 0 Å². The molecule has 2 aromatic rings. The predicted octanol–water partition coefficient (Wildman–Crippen LogP) is 7.33. The van der Waals surface area contributed by atoms with E-state index in [1.54, 1.807) is 0 Å². The van der Waals surface area contributed by atoms with Crippen LogP contribution in [-0.2, 0) is 0 Å². The molecule has 0 spiro atoms. The molecular formula is C32H48N2O4. The van der Waals surface area contributed by atoms with E-state index in [1.807, 2.05) is 48.5 Å². The molecule has 0 fully saturated rings. The van der Waals surface area contributed by atoms with E-state index in [2.05, 4.69) is 24.5 Å². The molecule has 6 nitrogen and oxygen atoms in total. The number of amides is 2. The third-order valence-corrected chi connectivity index (χ3v) is 6.44. The zero-order chi connectivity index (χ0) is 27.3. The zero-order valence-corrected chi connectivity index (χ0v) is 23.6. The van der Waals surface area contributed by atoms with E-state index in [0.717, 1.165) is 76.1 Å². The highest BCUT2D eigenvalue weighted by Gasteiger charge is 2.06. The Labute approximate surface area is 229 Å². The maximum Gasteiger partial charge on any atom is 0.251 e. The lowest BCUT2D eigenvalue weighted by atomic mass is 10.1. The van der Waals surface area contributed by atoms with Crippen molar-refractivity contribution < 1.29 is 19.1 Å². The maximum absolute atomic E-state index is 12.3. The van der Waals surface area contributed by atoms with Gasteiger partial charge in [-0.1, -0.05) is 65.2 Å². The van der Waals surface area contributed by atoms with Crippen LogP contribution in [0.25, 0.3) is 0 Å². The molecular weight excluding hydrogens is 476 g/mol. The van der Waals surface area contributed by atoms with Crippen molar-refractivity contribution in [3.63, 3.8) is 0 Å². The first-order valence-electron chi connectivity index (χ1n) is 14.7. The van der Waals surface area contributed by atoms with Gasteiger partial charge in [-0.25, -0.2) is 0 Å². The average molecular weight is 525 g/mol. The Morgan fingerprint density at radius 2 is 0.895 bits per heavy atom. The highest BCUT2D eigenvalue weighted by Crippen LogP contribution is 2.14. The molecule has 6 heteroatoms. The number of ether oxygens (including phenoxy) is 2. The zero-order valence-electron chi connectivity index (χ0n) is 23.6. The van der Waals surface area contributed by atoms with Crippen molar-refractivity contribution in [1.29, 1.82) is 0 Å². The van der Waals surface area contributed by atoms with Crippen molar-refractivity contribution in [2.75, 3.05) is 26.3 Å². The Balaban J connectivity index is 1.45. The quantitative estimate of drug-likeness (QED) is 0.168. The Kier molecular flexibility index (Phi) is 16.4. The monoisotopic (exact) mass is 524 g/mol. The maximum atomic E-state index is 12.3. The molecule has 0 saturated carbocycles. The van der Waals surface area contributed by atoms with E-state index in [-0.39, 0.29) is 11.8 Å².